The first-order valence-corrected chi connectivity index (χ1v) is 2.88. The van der Waals surface area contributed by atoms with Crippen LogP contribution >= 0.6 is 0 Å². The van der Waals surface area contributed by atoms with Crippen molar-refractivity contribution in [2.45, 2.75) is 13.3 Å². The van der Waals surface area contributed by atoms with E-state index in [2.05, 4.69) is 20.8 Å². The fourth-order valence-corrected chi connectivity index (χ4v) is 1.01. The van der Waals surface area contributed by atoms with Gasteiger partial charge in [-0.2, -0.15) is 0 Å². The molecule has 0 heterocycles. The van der Waals surface area contributed by atoms with Crippen LogP contribution in [0.1, 0.15) is 13.3 Å². The Labute approximate surface area is 45.9 Å². The molecular weight excluding hydrogens is 84.1 g/mol. The predicted molar refractivity (Wildman–Crippen MR) is 31.5 cm³/mol. The molecule has 0 aromatic rings. The van der Waals surface area contributed by atoms with Gasteiger partial charge in [-0.1, -0.05) is 6.92 Å². The van der Waals surface area contributed by atoms with Crippen LogP contribution in [0.5, 0.6) is 0 Å². The van der Waals surface area contributed by atoms with Gasteiger partial charge < -0.3 is 0 Å². The van der Waals surface area contributed by atoms with E-state index in [1.165, 1.54) is 6.42 Å². The number of hydrogen-bond donors (Lipinski definition) is 0. The van der Waals surface area contributed by atoms with Crippen molar-refractivity contribution >= 4 is 0 Å². The van der Waals surface area contributed by atoms with Gasteiger partial charge in [-0.15, -0.1) is 0 Å². The molecule has 7 heavy (non-hydrogen) atoms. The van der Waals surface area contributed by atoms with Crippen LogP contribution in [0.4, 0.5) is 0 Å². The molecule has 0 saturated heterocycles. The first-order valence-electron chi connectivity index (χ1n) is 2.88. The van der Waals surface area contributed by atoms with Gasteiger partial charge in [0.2, 0.25) is 0 Å². The Morgan fingerprint density at radius 1 is 1.29 bits per heavy atom. The summed E-state index contributed by atoms with van der Waals surface area (Å²) in [6.07, 6.45) is 1.24. The molecule has 2 unspecified atom stereocenters. The van der Waals surface area contributed by atoms with Crippen molar-refractivity contribution < 1.29 is 0 Å². The molecule has 0 N–H and O–H groups in total. The summed E-state index contributed by atoms with van der Waals surface area (Å²) in [6.45, 7) is 10.1. The minimum atomic E-state index is 0.697. The van der Waals surface area contributed by atoms with Gasteiger partial charge in [0.1, 0.15) is 11.8 Å². The fourth-order valence-electron chi connectivity index (χ4n) is 1.01. The summed E-state index contributed by atoms with van der Waals surface area (Å²) in [5, 5.41) is 0. The van der Waals surface area contributed by atoms with Crippen LogP contribution in [0.25, 0.3) is 0 Å². The van der Waals surface area contributed by atoms with Crippen molar-refractivity contribution in [1.29, 1.82) is 0 Å². The Hall–Kier alpha value is -0.260. The van der Waals surface area contributed by atoms with Crippen molar-refractivity contribution in [2.24, 2.45) is 17.8 Å². The number of hydrogen-bond acceptors (Lipinski definition) is 0. The Balaban J connectivity index is 2.29. The van der Waals surface area contributed by atoms with Gasteiger partial charge >= 0.3 is 0 Å². The summed E-state index contributed by atoms with van der Waals surface area (Å²) in [4.78, 5) is 0. The Morgan fingerprint density at radius 3 is 1.71 bits per heavy atom. The SMILES string of the molecule is [CH2+]C1CC([CH2+])C1C. The van der Waals surface area contributed by atoms with E-state index in [-0.39, 0.29) is 0 Å². The van der Waals surface area contributed by atoms with Crippen LogP contribution in [0.3, 0.4) is 0 Å². The van der Waals surface area contributed by atoms with Crippen molar-refractivity contribution in [3.63, 3.8) is 0 Å². The van der Waals surface area contributed by atoms with Crippen LogP contribution in [0.2, 0.25) is 0 Å². The average molecular weight is 96.2 g/mol. The maximum absolute atomic E-state index is 3.94. The second kappa shape index (κ2) is 1.36. The molecule has 0 aromatic heterocycles. The van der Waals surface area contributed by atoms with Gasteiger partial charge in [0.15, 0.2) is 0 Å². The molecule has 0 radical (unpaired) electrons. The van der Waals surface area contributed by atoms with E-state index in [0.717, 1.165) is 5.92 Å². The highest BCUT2D eigenvalue weighted by atomic mass is 14.3. The van der Waals surface area contributed by atoms with Crippen LogP contribution < -0.4 is 0 Å². The van der Waals surface area contributed by atoms with Crippen molar-refractivity contribution in [2.75, 3.05) is 0 Å². The molecule has 0 heteroatoms. The minimum absolute atomic E-state index is 0.697. The van der Waals surface area contributed by atoms with Gasteiger partial charge in [0, 0.05) is 12.3 Å². The first kappa shape index (κ1) is 4.89. The molecule has 0 nitrogen and oxygen atoms in total. The molecule has 0 aliphatic heterocycles. The summed E-state index contributed by atoms with van der Waals surface area (Å²) < 4.78 is 0. The van der Waals surface area contributed by atoms with E-state index in [4.69, 9.17) is 0 Å². The predicted octanol–water partition coefficient (Wildman–Crippen LogP) is 1.93. The zero-order valence-corrected chi connectivity index (χ0v) is 4.85. The maximum atomic E-state index is 3.94. The van der Waals surface area contributed by atoms with E-state index in [0.29, 0.717) is 11.8 Å². The summed E-state index contributed by atoms with van der Waals surface area (Å²) in [7, 11) is 0. The third-order valence-electron chi connectivity index (χ3n) is 2.09. The van der Waals surface area contributed by atoms with Gasteiger partial charge in [0.05, 0.1) is 13.8 Å². The van der Waals surface area contributed by atoms with Gasteiger partial charge in [-0.25, -0.2) is 0 Å². The minimum Gasteiger partial charge on any atom is -0.0537 e. The first-order chi connectivity index (χ1) is 3.22. The lowest BCUT2D eigenvalue weighted by molar-refractivity contribution is 0.167. The molecule has 0 amide bonds. The van der Waals surface area contributed by atoms with Crippen LogP contribution in [-0.4, -0.2) is 0 Å². The molecule has 1 fully saturated rings. The highest BCUT2D eigenvalue weighted by Gasteiger charge is 2.41. The molecule has 1 aliphatic rings. The molecule has 1 aliphatic carbocycles. The molecule has 0 spiro atoms. The van der Waals surface area contributed by atoms with Gasteiger partial charge in [0.25, 0.3) is 0 Å². The zero-order valence-electron chi connectivity index (χ0n) is 4.85. The van der Waals surface area contributed by atoms with E-state index in [1.807, 2.05) is 0 Å². The topological polar surface area (TPSA) is 0 Å². The lowest BCUT2D eigenvalue weighted by atomic mass is 9.68. The van der Waals surface area contributed by atoms with Crippen molar-refractivity contribution in [1.82, 2.24) is 0 Å². The second-order valence-electron chi connectivity index (χ2n) is 2.61. The highest BCUT2D eigenvalue weighted by Crippen LogP contribution is 2.38. The molecule has 0 aromatic carbocycles. The largest absolute Gasteiger partial charge is 0.106 e. The lowest BCUT2D eigenvalue weighted by Crippen LogP contribution is -2.30. The molecular formula is C7H12+2. The maximum Gasteiger partial charge on any atom is 0.106 e. The van der Waals surface area contributed by atoms with E-state index in [1.54, 1.807) is 0 Å². The summed E-state index contributed by atoms with van der Waals surface area (Å²) in [5.41, 5.74) is 0. The quantitative estimate of drug-likeness (QED) is 0.404. The Bertz CT molecular complexity index is 58.4. The Kier molecular flexibility index (Phi) is 0.949. The third-order valence-corrected chi connectivity index (χ3v) is 2.09. The zero-order chi connectivity index (χ0) is 5.44. The summed E-state index contributed by atoms with van der Waals surface area (Å²) in [6, 6.07) is 0. The summed E-state index contributed by atoms with van der Waals surface area (Å²) in [5.74, 6) is 2.17. The monoisotopic (exact) mass is 96.1 g/mol. The fraction of sp³-hybridized carbons (Fsp3) is 0.714. The average Bonchev–Trinajstić information content (AvgIpc) is 1.68. The van der Waals surface area contributed by atoms with E-state index < -0.39 is 0 Å². The second-order valence-corrected chi connectivity index (χ2v) is 2.61. The Morgan fingerprint density at radius 2 is 1.71 bits per heavy atom. The number of rotatable bonds is 0. The highest BCUT2D eigenvalue weighted by molar-refractivity contribution is 4.88. The molecule has 1 rings (SSSR count). The van der Waals surface area contributed by atoms with Crippen molar-refractivity contribution in [3.05, 3.63) is 13.8 Å². The van der Waals surface area contributed by atoms with E-state index in [9.17, 15) is 0 Å². The molecule has 0 bridgehead atoms. The molecule has 1 saturated carbocycles. The molecule has 38 valence electrons. The summed E-state index contributed by atoms with van der Waals surface area (Å²) >= 11 is 0. The lowest BCUT2D eigenvalue weighted by Gasteiger charge is -2.27. The van der Waals surface area contributed by atoms with Crippen LogP contribution in [-0.2, 0) is 0 Å². The standard InChI is InChI=1S/C7H12/c1-5-4-6(2)7(5)3/h5-7H,1-2,4H2,3H3/q+2. The van der Waals surface area contributed by atoms with E-state index >= 15 is 0 Å². The third kappa shape index (κ3) is 0.583. The van der Waals surface area contributed by atoms with Crippen LogP contribution in [0.15, 0.2) is 0 Å². The smallest absolute Gasteiger partial charge is 0.0537 e. The van der Waals surface area contributed by atoms with Crippen molar-refractivity contribution in [3.8, 4) is 0 Å². The molecule has 2 atom stereocenters. The van der Waals surface area contributed by atoms with Crippen LogP contribution in [0, 0.1) is 31.6 Å². The normalized spacial score (nSPS) is 50.7. The van der Waals surface area contributed by atoms with Gasteiger partial charge in [-0.05, 0) is 0 Å². The van der Waals surface area contributed by atoms with Gasteiger partial charge in [-0.3, -0.25) is 0 Å².